The average molecular weight is 712 g/mol. The van der Waals surface area contributed by atoms with Crippen molar-refractivity contribution < 1.29 is 83.9 Å². The van der Waals surface area contributed by atoms with Crippen LogP contribution in [0.1, 0.15) is 65.8 Å². The summed E-state index contributed by atoms with van der Waals surface area (Å²) in [7, 11) is -0.405. The zero-order chi connectivity index (χ0) is 34.4. The third kappa shape index (κ3) is 11.5. The van der Waals surface area contributed by atoms with Crippen LogP contribution < -0.4 is 72.9 Å². The van der Waals surface area contributed by atoms with Gasteiger partial charge in [-0.15, -0.1) is 5.46 Å². The van der Waals surface area contributed by atoms with Gasteiger partial charge in [0.1, 0.15) is 23.6 Å². The van der Waals surface area contributed by atoms with Gasteiger partial charge < -0.3 is 43.1 Å². The number of hydrogen-bond donors (Lipinski definition) is 4. The molecule has 8 nitrogen and oxygen atoms in total. The van der Waals surface area contributed by atoms with Crippen molar-refractivity contribution in [1.82, 2.24) is 0 Å². The van der Waals surface area contributed by atoms with Gasteiger partial charge in [0.2, 0.25) is 0 Å². The molecule has 258 valence electrons. The summed E-state index contributed by atoms with van der Waals surface area (Å²) in [6, 6.07) is 27.9. The van der Waals surface area contributed by atoms with E-state index in [9.17, 15) is 28.4 Å². The number of halogens is 3. The van der Waals surface area contributed by atoms with Crippen LogP contribution in [0.5, 0.6) is 11.5 Å². The molecule has 1 fully saturated rings. The summed E-state index contributed by atoms with van der Waals surface area (Å²) in [4.78, 5) is 0. The molecule has 4 aromatic rings. The summed E-state index contributed by atoms with van der Waals surface area (Å²) in [6.45, 7) is 3.08. The molecule has 1 aliphatic rings. The van der Waals surface area contributed by atoms with Crippen LogP contribution >= 0.6 is 0 Å². The molecule has 0 spiro atoms. The molecular formula is C36H42B2F3KN4O4. The second kappa shape index (κ2) is 18.7. The van der Waals surface area contributed by atoms with Crippen molar-refractivity contribution in [1.29, 1.82) is 10.5 Å². The molecule has 0 bridgehead atoms. The number of nitriles is 2. The van der Waals surface area contributed by atoms with Crippen LogP contribution in [0.4, 0.5) is 24.3 Å². The van der Waals surface area contributed by atoms with Gasteiger partial charge >= 0.3 is 65.5 Å². The third-order valence-corrected chi connectivity index (χ3v) is 8.06. The monoisotopic (exact) mass is 712 g/mol. The molecule has 1 saturated heterocycles. The second-order valence-electron chi connectivity index (χ2n) is 12.0. The Labute approximate surface area is 336 Å². The molecule has 0 aromatic heterocycles. The van der Waals surface area contributed by atoms with Crippen molar-refractivity contribution in [3.05, 3.63) is 108 Å². The number of hydrogen-bond acceptors (Lipinski definition) is 8. The fraction of sp³-hybridized carbons (Fsp3) is 0.278. The number of aromatic hydroxyl groups is 2. The van der Waals surface area contributed by atoms with E-state index in [1.165, 1.54) is 24.3 Å². The van der Waals surface area contributed by atoms with Crippen LogP contribution in [-0.2, 0) is 9.31 Å². The first-order chi connectivity index (χ1) is 22.1. The van der Waals surface area contributed by atoms with Gasteiger partial charge in [-0.2, -0.15) is 10.5 Å². The van der Waals surface area contributed by atoms with Gasteiger partial charge in [0.25, 0.3) is 0 Å². The van der Waals surface area contributed by atoms with E-state index in [0.717, 1.165) is 28.8 Å². The van der Waals surface area contributed by atoms with Crippen LogP contribution in [0.2, 0.25) is 0 Å². The number of nitrogens with zero attached hydrogens (tertiary/aromatic N) is 2. The first kappa shape index (κ1) is 44.6. The predicted octanol–water partition coefficient (Wildman–Crippen LogP) is 4.77. The van der Waals surface area contributed by atoms with Gasteiger partial charge in [-0.05, 0) is 92.8 Å². The Hall–Kier alpha value is -3.46. The minimum absolute atomic E-state index is 0. The molecule has 4 aromatic carbocycles. The standard InChI is InChI=1S/C20H23BN2O3.C14H11BF3N2O.2CH4.K/c1-19(2)20(3,4)26-21(25-19)15-7-9-16(10-8-15)23-18(13-22)14-5-11-17(24)12-6-14;16-15(17,18)11-3-5-12(6-4-11)20-14(9-19)10-1-7-13(21)8-2-10;;;/h5-12,18,23-24H,1-4H3;1-8,14,20-21H;2*1H4;/q;-1;;;+1. The van der Waals surface area contributed by atoms with E-state index in [0.29, 0.717) is 11.3 Å². The smallest absolute Gasteiger partial charge is 0.508 e. The molecule has 5 rings (SSSR count). The zero-order valence-corrected chi connectivity index (χ0v) is 30.4. The molecule has 0 saturated carbocycles. The normalized spacial score (nSPS) is 15.1. The summed E-state index contributed by atoms with van der Waals surface area (Å²) in [5.41, 5.74) is 2.15. The molecule has 1 heterocycles. The number of anilines is 2. The van der Waals surface area contributed by atoms with Gasteiger partial charge in [0.15, 0.2) is 0 Å². The van der Waals surface area contributed by atoms with Crippen LogP contribution in [0, 0.1) is 22.7 Å². The van der Waals surface area contributed by atoms with Gasteiger partial charge in [0, 0.05) is 11.4 Å². The van der Waals surface area contributed by atoms with Crippen LogP contribution in [-0.4, -0.2) is 35.5 Å². The van der Waals surface area contributed by atoms with Gasteiger partial charge in [-0.3, -0.25) is 0 Å². The van der Waals surface area contributed by atoms with E-state index in [4.69, 9.17) is 14.6 Å². The van der Waals surface area contributed by atoms with E-state index in [-0.39, 0.29) is 88.9 Å². The van der Waals surface area contributed by atoms with Crippen molar-refractivity contribution >= 4 is 36.4 Å². The van der Waals surface area contributed by atoms with E-state index in [1.54, 1.807) is 36.4 Å². The summed E-state index contributed by atoms with van der Waals surface area (Å²) in [5.74, 6) is 0.254. The van der Waals surface area contributed by atoms with E-state index in [1.807, 2.05) is 58.0 Å². The number of nitrogens with one attached hydrogen (secondary N) is 2. The maximum absolute atomic E-state index is 12.5. The first-order valence-electron chi connectivity index (χ1n) is 14.8. The Morgan fingerprint density at radius 3 is 1.30 bits per heavy atom. The van der Waals surface area contributed by atoms with Crippen molar-refractivity contribution in [3.8, 4) is 23.6 Å². The van der Waals surface area contributed by atoms with E-state index < -0.39 is 31.6 Å². The number of rotatable bonds is 8. The van der Waals surface area contributed by atoms with Gasteiger partial charge in [-0.1, -0.05) is 63.4 Å². The topological polar surface area (TPSA) is 131 Å². The van der Waals surface area contributed by atoms with Crippen LogP contribution in [0.3, 0.4) is 0 Å². The fourth-order valence-corrected chi connectivity index (χ4v) is 4.56. The van der Waals surface area contributed by atoms with Crippen LogP contribution in [0.15, 0.2) is 97.1 Å². The quantitative estimate of drug-likeness (QED) is 0.193. The Morgan fingerprint density at radius 2 is 0.980 bits per heavy atom. The summed E-state index contributed by atoms with van der Waals surface area (Å²) in [6.07, 6.45) is 0. The summed E-state index contributed by atoms with van der Waals surface area (Å²) >= 11 is 0. The molecule has 1 aliphatic heterocycles. The largest absolute Gasteiger partial charge is 1.00 e. The van der Waals surface area contributed by atoms with E-state index >= 15 is 0 Å². The predicted molar refractivity (Wildman–Crippen MR) is 191 cm³/mol. The Morgan fingerprint density at radius 1 is 0.640 bits per heavy atom. The first-order valence-corrected chi connectivity index (χ1v) is 14.8. The molecule has 0 amide bonds. The SMILES string of the molecule is C.C.CC1(C)OB(c2ccc(NC(C#N)c3ccc(O)cc3)cc2)OC1(C)C.N#CC(Nc1ccc([B-](F)(F)F)cc1)c1ccc(O)cc1.[K+]. The number of phenolic OH excluding ortho intramolecular Hbond substituents is 2. The van der Waals surface area contributed by atoms with Crippen molar-refractivity contribution in [3.63, 3.8) is 0 Å². The van der Waals surface area contributed by atoms with Crippen molar-refractivity contribution in [2.24, 2.45) is 0 Å². The third-order valence-electron chi connectivity index (χ3n) is 8.06. The molecule has 0 aliphatic carbocycles. The minimum Gasteiger partial charge on any atom is -0.508 e. The summed E-state index contributed by atoms with van der Waals surface area (Å²) < 4.78 is 49.7. The Kier molecular flexibility index (Phi) is 16.6. The minimum atomic E-state index is -5.02. The van der Waals surface area contributed by atoms with Gasteiger partial charge in [0.05, 0.1) is 23.3 Å². The number of phenols is 2. The molecular weight excluding hydrogens is 670 g/mol. The second-order valence-corrected chi connectivity index (χ2v) is 12.0. The Bertz CT molecular complexity index is 1710. The molecule has 2 unspecified atom stereocenters. The average Bonchev–Trinajstić information content (AvgIpc) is 3.26. The molecule has 2 atom stereocenters. The molecule has 50 heavy (non-hydrogen) atoms. The van der Waals surface area contributed by atoms with E-state index in [2.05, 4.69) is 16.7 Å². The fourth-order valence-electron chi connectivity index (χ4n) is 4.56. The van der Waals surface area contributed by atoms with Crippen molar-refractivity contribution in [2.45, 2.75) is 65.8 Å². The number of benzene rings is 4. The molecule has 0 radical (unpaired) electrons. The van der Waals surface area contributed by atoms with Gasteiger partial charge in [-0.25, -0.2) is 0 Å². The maximum atomic E-state index is 12.5. The maximum Gasteiger partial charge on any atom is 1.00 e. The molecule has 14 heteroatoms. The van der Waals surface area contributed by atoms with Crippen LogP contribution in [0.25, 0.3) is 0 Å². The molecule has 4 N–H and O–H groups in total. The zero-order valence-electron chi connectivity index (χ0n) is 27.3. The summed E-state index contributed by atoms with van der Waals surface area (Å²) in [5, 5.41) is 43.2. The Balaban J connectivity index is 0.000000481. The van der Waals surface area contributed by atoms with Crippen molar-refractivity contribution in [2.75, 3.05) is 10.6 Å².